The number of para-hydroxylation sites is 1. The van der Waals surface area contributed by atoms with Crippen molar-refractivity contribution >= 4 is 29.0 Å². The summed E-state index contributed by atoms with van der Waals surface area (Å²) in [6.07, 6.45) is 0. The number of morpholine rings is 1. The second kappa shape index (κ2) is 8.89. The first kappa shape index (κ1) is 23.5. The second-order valence-electron chi connectivity index (χ2n) is 9.41. The largest absolute Gasteiger partial charge is 0.507 e. The van der Waals surface area contributed by atoms with Crippen LogP contribution in [-0.2, 0) is 24.7 Å². The minimum absolute atomic E-state index is 0.135. The first-order valence-corrected chi connectivity index (χ1v) is 12.3. The van der Waals surface area contributed by atoms with E-state index in [4.69, 9.17) is 14.2 Å². The number of carbonyl (C=O) groups is 3. The van der Waals surface area contributed by atoms with Crippen molar-refractivity contribution in [3.05, 3.63) is 59.2 Å². The second-order valence-corrected chi connectivity index (χ2v) is 9.41. The van der Waals surface area contributed by atoms with Crippen molar-refractivity contribution in [2.75, 3.05) is 64.6 Å². The van der Waals surface area contributed by atoms with Crippen molar-refractivity contribution in [2.45, 2.75) is 5.54 Å². The summed E-state index contributed by atoms with van der Waals surface area (Å²) in [5.74, 6) is -1.66. The highest BCUT2D eigenvalue weighted by atomic mass is 16.6. The van der Waals surface area contributed by atoms with Crippen LogP contribution in [0.5, 0.6) is 11.5 Å². The van der Waals surface area contributed by atoms with Crippen LogP contribution in [-0.4, -0.2) is 92.2 Å². The number of hydrogen-bond donors (Lipinski definition) is 1. The van der Waals surface area contributed by atoms with Gasteiger partial charge in [0.1, 0.15) is 19.0 Å². The van der Waals surface area contributed by atoms with Gasteiger partial charge in [-0.25, -0.2) is 0 Å². The van der Waals surface area contributed by atoms with E-state index < -0.39 is 28.9 Å². The van der Waals surface area contributed by atoms with Crippen molar-refractivity contribution < 1.29 is 33.7 Å². The molecule has 4 aliphatic heterocycles. The molecule has 1 spiro atoms. The van der Waals surface area contributed by atoms with E-state index in [1.165, 1.54) is 9.80 Å². The van der Waals surface area contributed by atoms with Gasteiger partial charge in [0, 0.05) is 50.0 Å². The third-order valence-electron chi connectivity index (χ3n) is 7.50. The number of nitrogens with zero attached hydrogens (tertiary/aromatic N) is 3. The van der Waals surface area contributed by atoms with E-state index in [1.54, 1.807) is 49.5 Å². The molecule has 2 aromatic rings. The first-order chi connectivity index (χ1) is 17.9. The number of fused-ring (bicyclic) bond motifs is 3. The topological polar surface area (TPSA) is 109 Å². The molecule has 0 aromatic heterocycles. The monoisotopic (exact) mass is 505 g/mol. The number of benzene rings is 2. The highest BCUT2D eigenvalue weighted by molar-refractivity contribution is 6.50. The lowest BCUT2D eigenvalue weighted by Gasteiger charge is -2.36. The van der Waals surface area contributed by atoms with Gasteiger partial charge in [0.25, 0.3) is 17.6 Å². The zero-order valence-electron chi connectivity index (χ0n) is 20.4. The van der Waals surface area contributed by atoms with E-state index in [-0.39, 0.29) is 17.7 Å². The molecule has 0 radical (unpaired) electrons. The minimum atomic E-state index is -1.77. The third kappa shape index (κ3) is 3.43. The number of likely N-dealkylation sites (N-methyl/N-ethyl adjacent to an activating group) is 1. The van der Waals surface area contributed by atoms with Crippen LogP contribution in [0.2, 0.25) is 0 Å². The van der Waals surface area contributed by atoms with E-state index in [1.807, 2.05) is 0 Å². The molecule has 4 aliphatic rings. The molecule has 1 atom stereocenters. The van der Waals surface area contributed by atoms with Gasteiger partial charge in [0.05, 0.1) is 18.8 Å². The average molecular weight is 506 g/mol. The first-order valence-electron chi connectivity index (χ1n) is 12.3. The Hall–Kier alpha value is -3.89. The summed E-state index contributed by atoms with van der Waals surface area (Å²) in [4.78, 5) is 46.2. The van der Waals surface area contributed by atoms with Gasteiger partial charge in [-0.2, -0.15) is 0 Å². The number of Topliss-reactive ketones (excluding diaryl/α,β-unsaturated/α-hetero) is 1. The fraction of sp³-hybridized carbons (Fsp3) is 0.370. The summed E-state index contributed by atoms with van der Waals surface area (Å²) >= 11 is 0. The number of anilines is 1. The maximum atomic E-state index is 14.1. The summed E-state index contributed by atoms with van der Waals surface area (Å²) in [7, 11) is 1.61. The van der Waals surface area contributed by atoms with Gasteiger partial charge in [0.2, 0.25) is 0 Å². The van der Waals surface area contributed by atoms with Gasteiger partial charge < -0.3 is 29.1 Å². The molecule has 0 unspecified atom stereocenters. The predicted molar refractivity (Wildman–Crippen MR) is 132 cm³/mol. The van der Waals surface area contributed by atoms with Crippen molar-refractivity contribution in [2.24, 2.45) is 0 Å². The van der Waals surface area contributed by atoms with Gasteiger partial charge >= 0.3 is 0 Å². The van der Waals surface area contributed by atoms with E-state index in [0.29, 0.717) is 68.8 Å². The maximum absolute atomic E-state index is 14.1. The van der Waals surface area contributed by atoms with Gasteiger partial charge in [-0.15, -0.1) is 0 Å². The van der Waals surface area contributed by atoms with Crippen LogP contribution in [0.3, 0.4) is 0 Å². The molecule has 10 nitrogen and oxygen atoms in total. The SMILES string of the molecule is CN1C(=O)[C@@]2(C(=C(O)c3ccc4c(c3)OCCO4)C(=O)C(=O)N2CCN2CCOCC2)c2ccccc21. The van der Waals surface area contributed by atoms with E-state index >= 15 is 0 Å². The van der Waals surface area contributed by atoms with Gasteiger partial charge in [0.15, 0.2) is 17.0 Å². The Morgan fingerprint density at radius 2 is 1.68 bits per heavy atom. The Balaban J connectivity index is 1.52. The Labute approximate surface area is 213 Å². The number of ketones is 1. The summed E-state index contributed by atoms with van der Waals surface area (Å²) < 4.78 is 16.6. The minimum Gasteiger partial charge on any atom is -0.507 e. The van der Waals surface area contributed by atoms with Gasteiger partial charge in [-0.05, 0) is 24.3 Å². The van der Waals surface area contributed by atoms with Crippen LogP contribution >= 0.6 is 0 Å². The van der Waals surface area contributed by atoms with E-state index in [9.17, 15) is 19.5 Å². The van der Waals surface area contributed by atoms with Gasteiger partial charge in [-0.1, -0.05) is 18.2 Å². The summed E-state index contributed by atoms with van der Waals surface area (Å²) in [6, 6.07) is 11.9. The molecule has 4 heterocycles. The molecule has 192 valence electrons. The Morgan fingerprint density at radius 1 is 0.946 bits per heavy atom. The van der Waals surface area contributed by atoms with Crippen LogP contribution in [0.4, 0.5) is 5.69 Å². The molecule has 6 rings (SSSR count). The van der Waals surface area contributed by atoms with E-state index in [0.717, 1.165) is 0 Å². The quantitative estimate of drug-likeness (QED) is 0.377. The molecule has 1 N–H and O–H groups in total. The molecule has 2 fully saturated rings. The zero-order valence-corrected chi connectivity index (χ0v) is 20.4. The number of amides is 2. The average Bonchev–Trinajstić information content (AvgIpc) is 3.30. The lowest BCUT2D eigenvalue weighted by atomic mass is 9.82. The van der Waals surface area contributed by atoms with Crippen molar-refractivity contribution in [1.29, 1.82) is 0 Å². The summed E-state index contributed by atoms with van der Waals surface area (Å²) in [5.41, 5.74) is -0.683. The summed E-state index contributed by atoms with van der Waals surface area (Å²) in [5, 5.41) is 11.6. The lowest BCUT2D eigenvalue weighted by molar-refractivity contribution is -0.144. The lowest BCUT2D eigenvalue weighted by Crippen LogP contribution is -2.53. The van der Waals surface area contributed by atoms with Crippen LogP contribution in [0.15, 0.2) is 48.0 Å². The smallest absolute Gasteiger partial charge is 0.296 e. The number of carbonyl (C=O) groups excluding carboxylic acids is 3. The molecule has 0 aliphatic carbocycles. The molecule has 2 saturated heterocycles. The Morgan fingerprint density at radius 3 is 2.46 bits per heavy atom. The zero-order chi connectivity index (χ0) is 25.7. The molecule has 2 amide bonds. The third-order valence-corrected chi connectivity index (χ3v) is 7.50. The number of hydrogen-bond acceptors (Lipinski definition) is 8. The Kier molecular flexibility index (Phi) is 5.65. The summed E-state index contributed by atoms with van der Waals surface area (Å²) in [6.45, 7) is 3.90. The molecule has 10 heteroatoms. The number of aliphatic hydroxyl groups excluding tert-OH is 1. The Bertz CT molecular complexity index is 1330. The van der Waals surface area contributed by atoms with Crippen molar-refractivity contribution in [1.82, 2.24) is 9.80 Å². The van der Waals surface area contributed by atoms with Crippen LogP contribution in [0.25, 0.3) is 5.76 Å². The number of aliphatic hydroxyl groups is 1. The van der Waals surface area contributed by atoms with Crippen LogP contribution in [0, 0.1) is 0 Å². The van der Waals surface area contributed by atoms with Crippen molar-refractivity contribution in [3.8, 4) is 11.5 Å². The molecular weight excluding hydrogens is 478 g/mol. The molecule has 0 bridgehead atoms. The number of rotatable bonds is 4. The molecule has 37 heavy (non-hydrogen) atoms. The normalized spacial score (nSPS) is 24.7. The molecule has 2 aromatic carbocycles. The van der Waals surface area contributed by atoms with Crippen LogP contribution in [0.1, 0.15) is 11.1 Å². The fourth-order valence-corrected chi connectivity index (χ4v) is 5.67. The number of ether oxygens (including phenoxy) is 3. The van der Waals surface area contributed by atoms with Crippen LogP contribution < -0.4 is 14.4 Å². The van der Waals surface area contributed by atoms with E-state index in [2.05, 4.69) is 4.90 Å². The molecular formula is C27H27N3O7. The number of likely N-dealkylation sites (tertiary alicyclic amines) is 1. The fourth-order valence-electron chi connectivity index (χ4n) is 5.67. The highest BCUT2D eigenvalue weighted by Gasteiger charge is 2.66. The predicted octanol–water partition coefficient (Wildman–Crippen LogP) is 1.34. The molecule has 0 saturated carbocycles. The maximum Gasteiger partial charge on any atom is 0.296 e. The standard InChI is InChI=1S/C27H27N3O7/c1-28-19-5-3-2-4-18(19)27(26(28)34)22(23(31)17-6-7-20-21(16-17)37-15-14-36-20)24(32)25(33)30(27)9-8-29-10-12-35-13-11-29/h2-7,16,31H,8-15H2,1H3/t27-/m0/s1. The van der Waals surface area contributed by atoms with Crippen molar-refractivity contribution in [3.63, 3.8) is 0 Å². The highest BCUT2D eigenvalue weighted by Crippen LogP contribution is 2.53. The van der Waals surface area contributed by atoms with Gasteiger partial charge in [-0.3, -0.25) is 19.3 Å².